The molecule has 1 unspecified atom stereocenters. The number of ketones is 1. The molecule has 1 atom stereocenters. The Hall–Kier alpha value is -2.28. The largest absolute Gasteiger partial charge is 0.507 e. The van der Waals surface area contributed by atoms with Gasteiger partial charge in [0.2, 0.25) is 0 Å². The number of hydrogen-bond donors (Lipinski definition) is 1. The van der Waals surface area contributed by atoms with Crippen LogP contribution in [0.25, 0.3) is 5.76 Å². The topological polar surface area (TPSA) is 80.0 Å². The normalized spacial score (nSPS) is 18.8. The van der Waals surface area contributed by atoms with Crippen molar-refractivity contribution in [3.8, 4) is 0 Å². The van der Waals surface area contributed by atoms with Gasteiger partial charge in [-0.2, -0.15) is 0 Å². The maximum absolute atomic E-state index is 12.8. The molecule has 0 bridgehead atoms. The number of aliphatic hydroxyl groups excluding tert-OH is 1. The predicted octanol–water partition coefficient (Wildman–Crippen LogP) is 4.74. The van der Waals surface area contributed by atoms with Crippen molar-refractivity contribution in [2.24, 2.45) is 0 Å². The minimum Gasteiger partial charge on any atom is -0.507 e. The molecule has 1 aromatic carbocycles. The second-order valence-corrected chi connectivity index (χ2v) is 7.80. The number of Topliss-reactive ketones (excluding diaryl/α,β-unsaturated/α-hetero) is 1. The molecule has 3 rings (SSSR count). The first-order valence-corrected chi connectivity index (χ1v) is 9.88. The van der Waals surface area contributed by atoms with Gasteiger partial charge in [-0.15, -0.1) is 0 Å². The smallest absolute Gasteiger partial charge is 0.295 e. The third-order valence-electron chi connectivity index (χ3n) is 4.55. The molecule has 1 N–H and O–H groups in total. The SMILES string of the molecule is Cc1ccc(C2/C(=C(/O)c3ccc(Cl)c(Cl)c3)C(=O)C(=O)N2CCOC(C)C)o1. The highest BCUT2D eigenvalue weighted by Gasteiger charge is 2.47. The standard InChI is InChI=1S/C21H21Cl2NO5/c1-11(2)28-9-8-24-18(16-7-4-12(3)29-16)17(20(26)21(24)27)19(25)13-5-6-14(22)15(23)10-13/h4-7,10-11,18,25H,8-9H2,1-3H3/b19-17-. The summed E-state index contributed by atoms with van der Waals surface area (Å²) in [6, 6.07) is 7.04. The molecule has 1 fully saturated rings. The zero-order valence-corrected chi connectivity index (χ0v) is 17.8. The van der Waals surface area contributed by atoms with Crippen molar-refractivity contribution in [3.63, 3.8) is 0 Å². The molecule has 29 heavy (non-hydrogen) atoms. The van der Waals surface area contributed by atoms with E-state index in [0.29, 0.717) is 16.5 Å². The van der Waals surface area contributed by atoms with Gasteiger partial charge in [0, 0.05) is 12.1 Å². The number of rotatable bonds is 6. The molecular weight excluding hydrogens is 417 g/mol. The summed E-state index contributed by atoms with van der Waals surface area (Å²) in [7, 11) is 0. The highest BCUT2D eigenvalue weighted by atomic mass is 35.5. The summed E-state index contributed by atoms with van der Waals surface area (Å²) in [6.45, 7) is 5.94. The van der Waals surface area contributed by atoms with Crippen LogP contribution in [0.15, 0.2) is 40.3 Å². The van der Waals surface area contributed by atoms with Crippen LogP contribution in [-0.2, 0) is 14.3 Å². The number of likely N-dealkylation sites (tertiary alicyclic amines) is 1. The number of benzene rings is 1. The summed E-state index contributed by atoms with van der Waals surface area (Å²) < 4.78 is 11.2. The third kappa shape index (κ3) is 4.34. The van der Waals surface area contributed by atoms with Crippen LogP contribution < -0.4 is 0 Å². The van der Waals surface area contributed by atoms with E-state index in [2.05, 4.69) is 0 Å². The van der Waals surface area contributed by atoms with E-state index < -0.39 is 17.7 Å². The van der Waals surface area contributed by atoms with Crippen molar-refractivity contribution in [1.82, 2.24) is 4.90 Å². The van der Waals surface area contributed by atoms with Crippen molar-refractivity contribution in [1.29, 1.82) is 0 Å². The average Bonchev–Trinajstić information content (AvgIpc) is 3.19. The second-order valence-electron chi connectivity index (χ2n) is 6.99. The van der Waals surface area contributed by atoms with Gasteiger partial charge in [-0.1, -0.05) is 23.2 Å². The van der Waals surface area contributed by atoms with Crippen LogP contribution in [0, 0.1) is 6.92 Å². The number of carbonyl (C=O) groups is 2. The molecule has 1 aliphatic heterocycles. The zero-order chi connectivity index (χ0) is 21.3. The van der Waals surface area contributed by atoms with Crippen LogP contribution in [0.1, 0.15) is 37.0 Å². The van der Waals surface area contributed by atoms with Gasteiger partial charge >= 0.3 is 0 Å². The van der Waals surface area contributed by atoms with Crippen molar-refractivity contribution in [3.05, 3.63) is 63.0 Å². The fraction of sp³-hybridized carbons (Fsp3) is 0.333. The Kier molecular flexibility index (Phi) is 6.36. The minimum atomic E-state index is -0.867. The van der Waals surface area contributed by atoms with Gasteiger partial charge in [0.05, 0.1) is 28.3 Å². The first-order chi connectivity index (χ1) is 13.7. The Morgan fingerprint density at radius 3 is 2.52 bits per heavy atom. The molecule has 0 spiro atoms. The van der Waals surface area contributed by atoms with E-state index in [-0.39, 0.29) is 41.2 Å². The number of hydrogen-bond acceptors (Lipinski definition) is 5. The van der Waals surface area contributed by atoms with Crippen molar-refractivity contribution in [2.75, 3.05) is 13.2 Å². The first-order valence-electron chi connectivity index (χ1n) is 9.12. The molecule has 2 aromatic rings. The van der Waals surface area contributed by atoms with Crippen LogP contribution in [0.3, 0.4) is 0 Å². The number of furan rings is 1. The number of amides is 1. The monoisotopic (exact) mass is 437 g/mol. The fourth-order valence-corrected chi connectivity index (χ4v) is 3.49. The molecule has 154 valence electrons. The molecule has 1 amide bonds. The van der Waals surface area contributed by atoms with Gasteiger partial charge in [0.15, 0.2) is 0 Å². The maximum Gasteiger partial charge on any atom is 0.295 e. The first kappa shape index (κ1) is 21.4. The van der Waals surface area contributed by atoms with Crippen LogP contribution in [0.5, 0.6) is 0 Å². The molecule has 1 aromatic heterocycles. The molecule has 1 saturated heterocycles. The minimum absolute atomic E-state index is 0.0210. The maximum atomic E-state index is 12.8. The number of carbonyl (C=O) groups excluding carboxylic acids is 2. The van der Waals surface area contributed by atoms with Crippen LogP contribution in [0.4, 0.5) is 0 Å². The van der Waals surface area contributed by atoms with Crippen molar-refractivity contribution >= 4 is 40.7 Å². The summed E-state index contributed by atoms with van der Waals surface area (Å²) in [4.78, 5) is 26.9. The lowest BCUT2D eigenvalue weighted by Gasteiger charge is -2.23. The Bertz CT molecular complexity index is 979. The van der Waals surface area contributed by atoms with Crippen LogP contribution in [0.2, 0.25) is 10.0 Å². The second kappa shape index (κ2) is 8.61. The van der Waals surface area contributed by atoms with Crippen LogP contribution >= 0.6 is 23.2 Å². The van der Waals surface area contributed by atoms with E-state index in [1.54, 1.807) is 19.1 Å². The molecule has 8 heteroatoms. The van der Waals surface area contributed by atoms with Gasteiger partial charge in [0.25, 0.3) is 11.7 Å². The van der Waals surface area contributed by atoms with E-state index in [0.717, 1.165) is 0 Å². The molecule has 1 aliphatic rings. The number of aliphatic hydroxyl groups is 1. The summed E-state index contributed by atoms with van der Waals surface area (Å²) in [6.07, 6.45) is -0.0210. The Labute approximate surface area is 178 Å². The molecular formula is C21H21Cl2NO5. The van der Waals surface area contributed by atoms with Gasteiger partial charge in [-0.3, -0.25) is 9.59 Å². The summed E-state index contributed by atoms with van der Waals surface area (Å²) in [5, 5.41) is 11.4. The summed E-state index contributed by atoms with van der Waals surface area (Å²) in [5.41, 5.74) is 0.219. The Balaban J connectivity index is 2.08. The number of nitrogens with zero attached hydrogens (tertiary/aromatic N) is 1. The Morgan fingerprint density at radius 2 is 1.93 bits per heavy atom. The highest BCUT2D eigenvalue weighted by Crippen LogP contribution is 2.40. The van der Waals surface area contributed by atoms with E-state index >= 15 is 0 Å². The fourth-order valence-electron chi connectivity index (χ4n) is 3.19. The number of halogens is 2. The average molecular weight is 438 g/mol. The highest BCUT2D eigenvalue weighted by molar-refractivity contribution is 6.46. The Morgan fingerprint density at radius 1 is 1.21 bits per heavy atom. The van der Waals surface area contributed by atoms with Crippen LogP contribution in [-0.4, -0.2) is 41.0 Å². The van der Waals surface area contributed by atoms with Gasteiger partial charge in [-0.25, -0.2) is 0 Å². The lowest BCUT2D eigenvalue weighted by Crippen LogP contribution is -2.33. The van der Waals surface area contributed by atoms with Gasteiger partial charge < -0.3 is 19.2 Å². The van der Waals surface area contributed by atoms with E-state index in [1.807, 2.05) is 13.8 Å². The summed E-state index contributed by atoms with van der Waals surface area (Å²) in [5.74, 6) is -0.852. The molecule has 0 aliphatic carbocycles. The van der Waals surface area contributed by atoms with E-state index in [9.17, 15) is 14.7 Å². The van der Waals surface area contributed by atoms with E-state index in [1.165, 1.54) is 23.1 Å². The molecule has 6 nitrogen and oxygen atoms in total. The number of aryl methyl sites for hydroxylation is 1. The third-order valence-corrected chi connectivity index (χ3v) is 5.29. The lowest BCUT2D eigenvalue weighted by atomic mass is 9.99. The van der Waals surface area contributed by atoms with Crippen molar-refractivity contribution < 1.29 is 23.8 Å². The molecule has 0 radical (unpaired) electrons. The quantitative estimate of drug-likeness (QED) is 0.400. The lowest BCUT2D eigenvalue weighted by molar-refractivity contribution is -0.140. The van der Waals surface area contributed by atoms with Crippen molar-refractivity contribution in [2.45, 2.75) is 32.9 Å². The predicted molar refractivity (Wildman–Crippen MR) is 110 cm³/mol. The zero-order valence-electron chi connectivity index (χ0n) is 16.2. The number of ether oxygens (including phenoxy) is 1. The van der Waals surface area contributed by atoms with Gasteiger partial charge in [-0.05, 0) is 51.1 Å². The molecule has 0 saturated carbocycles. The van der Waals surface area contributed by atoms with Gasteiger partial charge in [0.1, 0.15) is 23.3 Å². The van der Waals surface area contributed by atoms with E-state index in [4.69, 9.17) is 32.4 Å². The summed E-state index contributed by atoms with van der Waals surface area (Å²) >= 11 is 12.0. The molecule has 2 heterocycles.